The number of nitrogens with zero attached hydrogens (tertiary/aromatic N) is 3. The minimum atomic E-state index is -1.01. The van der Waals surface area contributed by atoms with Crippen molar-refractivity contribution in [1.82, 2.24) is 20.4 Å². The molecule has 0 radical (unpaired) electrons. The maximum atomic E-state index is 14.2. The number of benzene rings is 2. The quantitative estimate of drug-likeness (QED) is 0.109. The molecule has 1 fully saturated rings. The fourth-order valence-electron chi connectivity index (χ4n) is 7.43. The van der Waals surface area contributed by atoms with Crippen LogP contribution < -0.4 is 15.4 Å². The topological polar surface area (TPSA) is 196 Å². The highest BCUT2D eigenvalue weighted by molar-refractivity contribution is 5.87. The van der Waals surface area contributed by atoms with Gasteiger partial charge in [-0.3, -0.25) is 24.5 Å². The number of carbonyl (C=O) groups is 5. The zero-order valence-electron chi connectivity index (χ0n) is 34.5. The van der Waals surface area contributed by atoms with Crippen molar-refractivity contribution in [2.45, 2.75) is 103 Å². The van der Waals surface area contributed by atoms with Crippen LogP contribution in [0.5, 0.6) is 5.75 Å². The predicted octanol–water partition coefficient (Wildman–Crippen LogP) is 4.53. The van der Waals surface area contributed by atoms with Crippen LogP contribution in [0, 0.1) is 27.9 Å². The summed E-state index contributed by atoms with van der Waals surface area (Å²) in [6.07, 6.45) is -0.227. The third-order valence-electron chi connectivity index (χ3n) is 10.8. The molecule has 314 valence electrons. The van der Waals surface area contributed by atoms with Crippen molar-refractivity contribution in [3.05, 3.63) is 70.3 Å². The second-order valence-electron chi connectivity index (χ2n) is 14.9. The lowest BCUT2D eigenvalue weighted by Gasteiger charge is -2.40. The number of amides is 4. The molecule has 16 nitrogen and oxygen atoms in total. The molecule has 0 unspecified atom stereocenters. The number of likely N-dealkylation sites (N-methyl/N-ethyl adjacent to an activating group) is 1. The van der Waals surface area contributed by atoms with Crippen LogP contribution in [0.1, 0.15) is 65.9 Å². The van der Waals surface area contributed by atoms with E-state index in [9.17, 15) is 34.1 Å². The highest BCUT2D eigenvalue weighted by Crippen LogP contribution is 2.30. The summed E-state index contributed by atoms with van der Waals surface area (Å²) in [6, 6.07) is 11.3. The van der Waals surface area contributed by atoms with Gasteiger partial charge < -0.3 is 39.4 Å². The van der Waals surface area contributed by atoms with E-state index in [0.29, 0.717) is 25.8 Å². The largest absolute Gasteiger partial charge is 0.467 e. The first-order chi connectivity index (χ1) is 27.1. The Morgan fingerprint density at radius 1 is 0.947 bits per heavy atom. The standard InChI is InChI=1S/C41H59N5O11/c1-10-26(4)36(44(6)39(49)35(25(2)3)43-41(51)57-30-20-18-29(19-21-30)46(52)53)33(54-7)24-34(47)45-22-14-17-32(45)37(55-8)27(5)38(48)42-31(40(50)56-9)23-28-15-12-11-13-16-28/h11-13,15-16,18-21,25-27,31-33,35-37H,10,14,17,22-24H2,1-9H3,(H,42,48)(H,43,51)/t26-,27+,31-,32-,33+,35-,36-,37+/m0/s1. The molecule has 1 heterocycles. The zero-order valence-corrected chi connectivity index (χ0v) is 34.5. The lowest BCUT2D eigenvalue weighted by atomic mass is 9.89. The van der Waals surface area contributed by atoms with Gasteiger partial charge in [0, 0.05) is 46.4 Å². The summed E-state index contributed by atoms with van der Waals surface area (Å²) in [6.45, 7) is 9.63. The van der Waals surface area contributed by atoms with Crippen LogP contribution in [0.3, 0.4) is 0 Å². The average molecular weight is 798 g/mol. The maximum absolute atomic E-state index is 14.2. The van der Waals surface area contributed by atoms with E-state index >= 15 is 0 Å². The van der Waals surface area contributed by atoms with Gasteiger partial charge in [-0.15, -0.1) is 0 Å². The van der Waals surface area contributed by atoms with Gasteiger partial charge in [-0.25, -0.2) is 9.59 Å². The van der Waals surface area contributed by atoms with E-state index in [4.69, 9.17) is 18.9 Å². The summed E-state index contributed by atoms with van der Waals surface area (Å²) in [5.74, 6) is -2.79. The Hall–Kier alpha value is -5.09. The van der Waals surface area contributed by atoms with Gasteiger partial charge in [0.25, 0.3) is 5.69 Å². The monoisotopic (exact) mass is 797 g/mol. The molecule has 1 aliphatic heterocycles. The number of likely N-dealkylation sites (tertiary alicyclic amines) is 1. The lowest BCUT2D eigenvalue weighted by molar-refractivity contribution is -0.384. The molecule has 8 atom stereocenters. The number of nitro groups is 1. The number of ether oxygens (including phenoxy) is 4. The van der Waals surface area contributed by atoms with E-state index in [1.165, 1.54) is 50.5 Å². The van der Waals surface area contributed by atoms with Crippen molar-refractivity contribution in [3.8, 4) is 5.75 Å². The van der Waals surface area contributed by atoms with Crippen molar-refractivity contribution < 1.29 is 47.8 Å². The highest BCUT2D eigenvalue weighted by Gasteiger charge is 2.43. The fourth-order valence-corrected chi connectivity index (χ4v) is 7.43. The Labute approximate surface area is 335 Å². The summed E-state index contributed by atoms with van der Waals surface area (Å²) < 4.78 is 22.2. The molecule has 0 saturated carbocycles. The molecular formula is C41H59N5O11. The molecule has 4 amide bonds. The Kier molecular flexibility index (Phi) is 17.9. The Bertz CT molecular complexity index is 1660. The van der Waals surface area contributed by atoms with Crippen LogP contribution in [-0.4, -0.2) is 116 Å². The van der Waals surface area contributed by atoms with Crippen molar-refractivity contribution in [2.24, 2.45) is 17.8 Å². The van der Waals surface area contributed by atoms with Crippen LogP contribution in [0.2, 0.25) is 0 Å². The number of rotatable bonds is 20. The van der Waals surface area contributed by atoms with Crippen molar-refractivity contribution >= 4 is 35.5 Å². The van der Waals surface area contributed by atoms with Gasteiger partial charge in [0.2, 0.25) is 17.7 Å². The molecule has 2 aromatic rings. The molecule has 0 aromatic heterocycles. The summed E-state index contributed by atoms with van der Waals surface area (Å²) in [7, 11) is 5.87. The molecule has 3 rings (SSSR count). The number of non-ortho nitro benzene ring substituents is 1. The molecule has 1 saturated heterocycles. The first kappa shape index (κ1) is 46.3. The predicted molar refractivity (Wildman–Crippen MR) is 211 cm³/mol. The number of esters is 1. The SMILES string of the molecule is CC[C@H](C)[C@@H]([C@@H](CC(=O)N1CCC[C@H]1[C@H](OC)[C@@H](C)C(=O)N[C@@H](Cc1ccccc1)C(=O)OC)OC)N(C)C(=O)[C@@H](NC(=O)Oc1ccc([N+](=O)[O-])cc1)C(C)C. The highest BCUT2D eigenvalue weighted by atomic mass is 16.6. The van der Waals surface area contributed by atoms with E-state index in [2.05, 4.69) is 10.6 Å². The van der Waals surface area contributed by atoms with Crippen LogP contribution in [-0.2, 0) is 39.8 Å². The summed E-state index contributed by atoms with van der Waals surface area (Å²) in [4.78, 5) is 81.2. The molecular weight excluding hydrogens is 738 g/mol. The number of hydrogen-bond acceptors (Lipinski definition) is 11. The summed E-state index contributed by atoms with van der Waals surface area (Å²) >= 11 is 0. The van der Waals surface area contributed by atoms with Gasteiger partial charge in [0.15, 0.2) is 0 Å². The Morgan fingerprint density at radius 2 is 1.60 bits per heavy atom. The molecule has 0 aliphatic carbocycles. The molecule has 2 aromatic carbocycles. The number of hydrogen-bond donors (Lipinski definition) is 2. The van der Waals surface area contributed by atoms with Crippen molar-refractivity contribution in [3.63, 3.8) is 0 Å². The minimum absolute atomic E-state index is 0.0660. The van der Waals surface area contributed by atoms with E-state index in [-0.39, 0.29) is 42.0 Å². The van der Waals surface area contributed by atoms with Crippen LogP contribution in [0.4, 0.5) is 10.5 Å². The molecule has 0 spiro atoms. The van der Waals surface area contributed by atoms with Crippen LogP contribution in [0.15, 0.2) is 54.6 Å². The fraction of sp³-hybridized carbons (Fsp3) is 0.585. The number of nitrogens with one attached hydrogen (secondary N) is 2. The van der Waals surface area contributed by atoms with Gasteiger partial charge in [0.1, 0.15) is 17.8 Å². The minimum Gasteiger partial charge on any atom is -0.467 e. The summed E-state index contributed by atoms with van der Waals surface area (Å²) in [5, 5.41) is 16.5. The molecule has 0 bridgehead atoms. The van der Waals surface area contributed by atoms with Crippen LogP contribution in [0.25, 0.3) is 0 Å². The van der Waals surface area contributed by atoms with E-state index in [0.717, 1.165) is 5.56 Å². The summed E-state index contributed by atoms with van der Waals surface area (Å²) in [5.41, 5.74) is 0.688. The van der Waals surface area contributed by atoms with E-state index in [1.54, 1.807) is 32.7 Å². The van der Waals surface area contributed by atoms with Gasteiger partial charge in [-0.2, -0.15) is 0 Å². The first-order valence-electron chi connectivity index (χ1n) is 19.3. The lowest BCUT2D eigenvalue weighted by Crippen LogP contribution is -2.58. The smallest absolute Gasteiger partial charge is 0.413 e. The zero-order chi connectivity index (χ0) is 42.4. The second kappa shape index (κ2) is 22.0. The normalized spacial score (nSPS) is 17.6. The van der Waals surface area contributed by atoms with Gasteiger partial charge in [-0.1, -0.05) is 71.4 Å². The number of carbonyl (C=O) groups excluding carboxylic acids is 5. The molecule has 1 aliphatic rings. The Balaban J connectivity index is 1.75. The molecule has 16 heteroatoms. The number of nitro benzene ring substituents is 1. The van der Waals surface area contributed by atoms with Crippen molar-refractivity contribution in [1.29, 1.82) is 0 Å². The first-order valence-corrected chi connectivity index (χ1v) is 19.3. The Morgan fingerprint density at radius 3 is 2.14 bits per heavy atom. The van der Waals surface area contributed by atoms with Gasteiger partial charge in [-0.05, 0) is 42.4 Å². The van der Waals surface area contributed by atoms with Gasteiger partial charge >= 0.3 is 12.1 Å². The van der Waals surface area contributed by atoms with Crippen LogP contribution >= 0.6 is 0 Å². The van der Waals surface area contributed by atoms with E-state index < -0.39 is 71.1 Å². The maximum Gasteiger partial charge on any atom is 0.413 e. The second-order valence-corrected chi connectivity index (χ2v) is 14.9. The van der Waals surface area contributed by atoms with Crippen molar-refractivity contribution in [2.75, 3.05) is 34.9 Å². The molecule has 57 heavy (non-hydrogen) atoms. The number of methoxy groups -OCH3 is 3. The van der Waals surface area contributed by atoms with Gasteiger partial charge in [0.05, 0.1) is 48.7 Å². The third kappa shape index (κ3) is 12.4. The van der Waals surface area contributed by atoms with E-state index in [1.807, 2.05) is 44.2 Å². The average Bonchev–Trinajstić information content (AvgIpc) is 3.69. The molecule has 2 N–H and O–H groups in total. The third-order valence-corrected chi connectivity index (χ3v) is 10.8.